The summed E-state index contributed by atoms with van der Waals surface area (Å²) in [6.07, 6.45) is 2.90. The number of hydrogen-bond acceptors (Lipinski definition) is 4. The minimum absolute atomic E-state index is 0.0710. The van der Waals surface area contributed by atoms with Crippen molar-refractivity contribution in [3.05, 3.63) is 59.7 Å². The van der Waals surface area contributed by atoms with Crippen molar-refractivity contribution in [3.63, 3.8) is 0 Å². The van der Waals surface area contributed by atoms with Crippen molar-refractivity contribution in [3.8, 4) is 11.5 Å². The third-order valence-corrected chi connectivity index (χ3v) is 3.38. The van der Waals surface area contributed by atoms with E-state index in [2.05, 4.69) is 10.1 Å². The molecule has 0 aliphatic carbocycles. The molecule has 5 nitrogen and oxygen atoms in total. The maximum absolute atomic E-state index is 12.4. The molecule has 0 saturated carbocycles. The van der Waals surface area contributed by atoms with E-state index in [0.717, 1.165) is 0 Å². The van der Waals surface area contributed by atoms with Gasteiger partial charge in [-0.2, -0.15) is 8.78 Å². The fourth-order valence-electron chi connectivity index (χ4n) is 2.31. The lowest BCUT2D eigenvalue weighted by Gasteiger charge is -2.11. The van der Waals surface area contributed by atoms with Crippen molar-refractivity contribution in [2.24, 2.45) is 0 Å². The Morgan fingerprint density at radius 3 is 2.59 bits per heavy atom. The smallest absolute Gasteiger partial charge is 0.387 e. The van der Waals surface area contributed by atoms with Crippen LogP contribution < -0.4 is 14.8 Å². The summed E-state index contributed by atoms with van der Waals surface area (Å²) in [5.41, 5.74) is 1.51. The van der Waals surface area contributed by atoms with E-state index in [0.29, 0.717) is 16.8 Å². The number of carbonyl (C=O) groups is 2. The van der Waals surface area contributed by atoms with Gasteiger partial charge in [-0.05, 0) is 42.8 Å². The summed E-state index contributed by atoms with van der Waals surface area (Å²) >= 11 is 0. The first-order valence-corrected chi connectivity index (χ1v) is 8.20. The first kappa shape index (κ1) is 20.1. The molecule has 0 aromatic heterocycles. The number of allylic oxidation sites excluding steroid dienone is 1. The molecule has 0 aliphatic heterocycles. The summed E-state index contributed by atoms with van der Waals surface area (Å²) in [7, 11) is 0. The second kappa shape index (κ2) is 9.47. The number of ether oxygens (including phenoxy) is 2. The number of carbonyl (C=O) groups excluding carboxylic acids is 2. The van der Waals surface area contributed by atoms with E-state index in [9.17, 15) is 18.4 Å². The largest absolute Gasteiger partial charge is 0.490 e. The van der Waals surface area contributed by atoms with Crippen molar-refractivity contribution < 1.29 is 27.8 Å². The van der Waals surface area contributed by atoms with Gasteiger partial charge in [0.2, 0.25) is 5.91 Å². The van der Waals surface area contributed by atoms with Crippen LogP contribution in [-0.2, 0) is 4.79 Å². The lowest BCUT2D eigenvalue weighted by molar-refractivity contribution is -0.114. The molecule has 2 aromatic carbocycles. The first-order valence-electron chi connectivity index (χ1n) is 8.20. The average molecular weight is 375 g/mol. The van der Waals surface area contributed by atoms with Gasteiger partial charge in [0.1, 0.15) is 0 Å². The van der Waals surface area contributed by atoms with E-state index in [1.54, 1.807) is 37.3 Å². The van der Waals surface area contributed by atoms with Crippen LogP contribution in [0.3, 0.4) is 0 Å². The van der Waals surface area contributed by atoms with Gasteiger partial charge in [-0.3, -0.25) is 9.59 Å². The van der Waals surface area contributed by atoms with E-state index < -0.39 is 6.61 Å². The van der Waals surface area contributed by atoms with Gasteiger partial charge in [0.05, 0.1) is 6.61 Å². The predicted octanol–water partition coefficient (Wildman–Crippen LogP) is 4.54. The zero-order chi connectivity index (χ0) is 19.8. The molecule has 7 heteroatoms. The molecule has 0 spiro atoms. The Morgan fingerprint density at radius 1 is 1.15 bits per heavy atom. The van der Waals surface area contributed by atoms with Crippen LogP contribution in [0.1, 0.15) is 29.8 Å². The number of ketones is 1. The van der Waals surface area contributed by atoms with E-state index in [4.69, 9.17) is 4.74 Å². The second-order valence-electron chi connectivity index (χ2n) is 5.48. The highest BCUT2D eigenvalue weighted by molar-refractivity contribution is 6.07. The van der Waals surface area contributed by atoms with Crippen LogP contribution in [0.15, 0.2) is 48.5 Å². The van der Waals surface area contributed by atoms with E-state index >= 15 is 0 Å². The van der Waals surface area contributed by atoms with Gasteiger partial charge in [-0.15, -0.1) is 0 Å². The van der Waals surface area contributed by atoms with Gasteiger partial charge >= 0.3 is 6.61 Å². The molecule has 1 N–H and O–H groups in total. The lowest BCUT2D eigenvalue weighted by atomic mass is 10.1. The van der Waals surface area contributed by atoms with Crippen LogP contribution in [0.5, 0.6) is 11.5 Å². The summed E-state index contributed by atoms with van der Waals surface area (Å²) in [6.45, 7) is 0.427. The van der Waals surface area contributed by atoms with Gasteiger partial charge in [0.25, 0.3) is 0 Å². The van der Waals surface area contributed by atoms with Crippen molar-refractivity contribution in [1.82, 2.24) is 0 Å². The molecular formula is C20H19F2NO4. The highest BCUT2D eigenvalue weighted by Gasteiger charge is 2.11. The quantitative estimate of drug-likeness (QED) is 0.543. The number of hydrogen-bond donors (Lipinski definition) is 1. The molecule has 0 atom stereocenters. The van der Waals surface area contributed by atoms with Crippen molar-refractivity contribution >= 4 is 23.5 Å². The van der Waals surface area contributed by atoms with Crippen molar-refractivity contribution in [1.29, 1.82) is 0 Å². The molecule has 2 aromatic rings. The SMILES string of the molecule is CCOc1cc(/C=C/C(=O)c2cccc(NC(C)=O)c2)ccc1OC(F)F. The minimum atomic E-state index is -2.96. The molecule has 0 fully saturated rings. The number of anilines is 1. The standard InChI is InChI=1S/C20H19F2NO4/c1-3-26-19-11-14(8-10-18(19)27-20(21)22)7-9-17(25)15-5-4-6-16(12-15)23-13(2)24/h4-12,20H,3H2,1-2H3,(H,23,24)/b9-7+. The van der Waals surface area contributed by atoms with Crippen LogP contribution in [0.25, 0.3) is 6.08 Å². The lowest BCUT2D eigenvalue weighted by Crippen LogP contribution is -2.06. The predicted molar refractivity (Wildman–Crippen MR) is 98.4 cm³/mol. The van der Waals surface area contributed by atoms with E-state index in [1.165, 1.54) is 31.2 Å². The molecule has 0 saturated heterocycles. The number of amides is 1. The van der Waals surface area contributed by atoms with Gasteiger partial charge in [0.15, 0.2) is 17.3 Å². The number of alkyl halides is 2. The zero-order valence-electron chi connectivity index (χ0n) is 14.9. The minimum Gasteiger partial charge on any atom is -0.490 e. The van der Waals surface area contributed by atoms with Crippen LogP contribution >= 0.6 is 0 Å². The summed E-state index contributed by atoms with van der Waals surface area (Å²) in [5.74, 6) is -0.406. The zero-order valence-corrected chi connectivity index (χ0v) is 14.9. The summed E-state index contributed by atoms with van der Waals surface area (Å²) < 4.78 is 34.6. The summed E-state index contributed by atoms with van der Waals surface area (Å²) in [5, 5.41) is 2.61. The highest BCUT2D eigenvalue weighted by Crippen LogP contribution is 2.30. The van der Waals surface area contributed by atoms with Gasteiger partial charge in [-0.25, -0.2) is 0 Å². The molecule has 1 amide bonds. The number of nitrogens with one attached hydrogen (secondary N) is 1. The van der Waals surface area contributed by atoms with Crippen LogP contribution in [0.2, 0.25) is 0 Å². The molecule has 0 heterocycles. The first-order chi connectivity index (χ1) is 12.9. The molecule has 0 aliphatic rings. The fraction of sp³-hybridized carbons (Fsp3) is 0.200. The van der Waals surface area contributed by atoms with E-state index in [-0.39, 0.29) is 29.8 Å². The highest BCUT2D eigenvalue weighted by atomic mass is 19.3. The monoisotopic (exact) mass is 375 g/mol. The Kier molecular flexibility index (Phi) is 7.05. The third kappa shape index (κ3) is 6.22. The third-order valence-electron chi connectivity index (χ3n) is 3.38. The molecular weight excluding hydrogens is 356 g/mol. The summed E-state index contributed by atoms with van der Waals surface area (Å²) in [6, 6.07) is 11.0. The maximum atomic E-state index is 12.4. The molecule has 0 bridgehead atoms. The Hall–Kier alpha value is -3.22. The summed E-state index contributed by atoms with van der Waals surface area (Å²) in [4.78, 5) is 23.4. The number of benzene rings is 2. The van der Waals surface area contributed by atoms with Gasteiger partial charge < -0.3 is 14.8 Å². The Morgan fingerprint density at radius 2 is 1.93 bits per heavy atom. The van der Waals surface area contributed by atoms with Crippen LogP contribution in [0, 0.1) is 0 Å². The van der Waals surface area contributed by atoms with Crippen LogP contribution in [0.4, 0.5) is 14.5 Å². The molecule has 0 unspecified atom stereocenters. The Labute approximate surface area is 155 Å². The van der Waals surface area contributed by atoms with Gasteiger partial charge in [0, 0.05) is 18.2 Å². The topological polar surface area (TPSA) is 64.6 Å². The second-order valence-corrected chi connectivity index (χ2v) is 5.48. The molecule has 2 rings (SSSR count). The maximum Gasteiger partial charge on any atom is 0.387 e. The van der Waals surface area contributed by atoms with E-state index in [1.807, 2.05) is 0 Å². The van der Waals surface area contributed by atoms with Crippen molar-refractivity contribution in [2.75, 3.05) is 11.9 Å². The number of halogens is 2. The van der Waals surface area contributed by atoms with Gasteiger partial charge in [-0.1, -0.05) is 24.3 Å². The molecule has 142 valence electrons. The molecule has 0 radical (unpaired) electrons. The molecule has 27 heavy (non-hydrogen) atoms. The average Bonchev–Trinajstić information content (AvgIpc) is 2.61. The normalized spacial score (nSPS) is 10.9. The van der Waals surface area contributed by atoms with Crippen LogP contribution in [-0.4, -0.2) is 24.9 Å². The van der Waals surface area contributed by atoms with Crippen molar-refractivity contribution in [2.45, 2.75) is 20.5 Å². The number of rotatable bonds is 8. The Bertz CT molecular complexity index is 850. The fourth-order valence-corrected chi connectivity index (χ4v) is 2.31. The Balaban J connectivity index is 2.18.